The minimum Gasteiger partial charge on any atom is -0.469 e. The number of carbonyl (C=O) groups excluding carboxylic acids is 2. The van der Waals surface area contributed by atoms with E-state index in [9.17, 15) is 14.7 Å². The van der Waals surface area contributed by atoms with E-state index in [0.717, 1.165) is 43.6 Å². The van der Waals surface area contributed by atoms with Crippen molar-refractivity contribution in [1.82, 2.24) is 4.90 Å². The van der Waals surface area contributed by atoms with Crippen LogP contribution in [0.2, 0.25) is 0 Å². The molecule has 0 unspecified atom stereocenters. The molecule has 0 bridgehead atoms. The number of ketones is 1. The first kappa shape index (κ1) is 18.1. The Morgan fingerprint density at radius 1 is 1.32 bits per heavy atom. The molecule has 1 aromatic carbocycles. The lowest BCUT2D eigenvalue weighted by atomic mass is 9.60. The molecule has 6 atom stereocenters. The molecule has 1 saturated carbocycles. The second-order valence-corrected chi connectivity index (χ2v) is 8.91. The summed E-state index contributed by atoms with van der Waals surface area (Å²) in [6.07, 6.45) is 2.54. The third-order valence-corrected chi connectivity index (χ3v) is 7.90. The van der Waals surface area contributed by atoms with E-state index in [4.69, 9.17) is 4.74 Å². The molecular weight excluding hydrogens is 356 g/mol. The minimum atomic E-state index is -0.645. The molecule has 1 spiro atoms. The molecule has 3 heterocycles. The van der Waals surface area contributed by atoms with Gasteiger partial charge in [-0.2, -0.15) is 0 Å². The van der Waals surface area contributed by atoms with Crippen molar-refractivity contribution in [2.45, 2.75) is 43.2 Å². The first-order valence-corrected chi connectivity index (χ1v) is 10.4. The molecule has 2 saturated heterocycles. The maximum Gasteiger partial charge on any atom is 0.311 e. The number of esters is 1. The number of nitrogens with zero attached hydrogens (tertiary/aromatic N) is 1. The van der Waals surface area contributed by atoms with Gasteiger partial charge in [0.25, 0.3) is 0 Å². The van der Waals surface area contributed by atoms with Crippen molar-refractivity contribution in [1.29, 1.82) is 0 Å². The number of para-hydroxylation sites is 1. The van der Waals surface area contributed by atoms with Gasteiger partial charge in [-0.05, 0) is 55.7 Å². The molecule has 5 rings (SSSR count). The van der Waals surface area contributed by atoms with Gasteiger partial charge in [0.05, 0.1) is 31.1 Å². The lowest BCUT2D eigenvalue weighted by Gasteiger charge is -2.51. The van der Waals surface area contributed by atoms with Gasteiger partial charge >= 0.3 is 5.97 Å². The number of carbonyl (C=O) groups is 2. The van der Waals surface area contributed by atoms with Gasteiger partial charge in [0, 0.05) is 18.3 Å². The highest BCUT2D eigenvalue weighted by Gasteiger charge is 2.60. The minimum absolute atomic E-state index is 0.0715. The zero-order valence-corrected chi connectivity index (χ0v) is 16.3. The number of hydrogen-bond donors (Lipinski definition) is 2. The van der Waals surface area contributed by atoms with Gasteiger partial charge in [0.1, 0.15) is 0 Å². The maximum atomic E-state index is 13.3. The second-order valence-electron chi connectivity index (χ2n) is 8.91. The fourth-order valence-corrected chi connectivity index (χ4v) is 6.62. The molecule has 6 heteroatoms. The highest BCUT2D eigenvalue weighted by Crippen LogP contribution is 2.53. The van der Waals surface area contributed by atoms with Crippen molar-refractivity contribution in [2.75, 3.05) is 32.1 Å². The average molecular weight is 384 g/mol. The average Bonchev–Trinajstić information content (AvgIpc) is 3.08. The summed E-state index contributed by atoms with van der Waals surface area (Å²) < 4.78 is 5.05. The highest BCUT2D eigenvalue weighted by atomic mass is 16.5. The van der Waals surface area contributed by atoms with Crippen LogP contribution in [0, 0.1) is 17.8 Å². The van der Waals surface area contributed by atoms with E-state index in [1.165, 1.54) is 7.11 Å². The second kappa shape index (κ2) is 6.56. The molecule has 0 radical (unpaired) electrons. The van der Waals surface area contributed by atoms with Gasteiger partial charge in [-0.25, -0.2) is 0 Å². The predicted molar refractivity (Wildman–Crippen MR) is 104 cm³/mol. The first-order chi connectivity index (χ1) is 13.6. The molecular formula is C22H28N2O4. The normalized spacial score (nSPS) is 39.6. The Labute approximate surface area is 165 Å². The fourth-order valence-electron chi connectivity index (χ4n) is 6.62. The SMILES string of the molecule is COC(=O)[C@@H]1[C@H]2C[C@@H]3N(CC[C@@]34C(=O)CNc3ccccc34)C[C@@H]2CC[C@@H]1O. The van der Waals surface area contributed by atoms with Gasteiger partial charge in [-0.3, -0.25) is 14.5 Å². The van der Waals surface area contributed by atoms with Crippen molar-refractivity contribution in [2.24, 2.45) is 17.8 Å². The highest BCUT2D eigenvalue weighted by molar-refractivity contribution is 5.99. The zero-order valence-electron chi connectivity index (χ0n) is 16.3. The van der Waals surface area contributed by atoms with E-state index in [1.54, 1.807) is 0 Å². The van der Waals surface area contributed by atoms with Gasteiger partial charge < -0.3 is 15.2 Å². The van der Waals surface area contributed by atoms with E-state index in [1.807, 2.05) is 12.1 Å². The predicted octanol–water partition coefficient (Wildman–Crippen LogP) is 1.57. The van der Waals surface area contributed by atoms with E-state index in [0.29, 0.717) is 18.9 Å². The lowest BCUT2D eigenvalue weighted by Crippen LogP contribution is -2.59. The number of anilines is 1. The van der Waals surface area contributed by atoms with Crippen LogP contribution in [-0.4, -0.2) is 60.6 Å². The van der Waals surface area contributed by atoms with Crippen molar-refractivity contribution in [3.63, 3.8) is 0 Å². The van der Waals surface area contributed by atoms with Gasteiger partial charge in [0.15, 0.2) is 5.78 Å². The van der Waals surface area contributed by atoms with Crippen molar-refractivity contribution in [3.05, 3.63) is 29.8 Å². The van der Waals surface area contributed by atoms with Crippen LogP contribution in [0.4, 0.5) is 5.69 Å². The Balaban J connectivity index is 1.54. The van der Waals surface area contributed by atoms with E-state index in [-0.39, 0.29) is 23.7 Å². The Morgan fingerprint density at radius 2 is 2.14 bits per heavy atom. The number of ether oxygens (including phenoxy) is 1. The van der Waals surface area contributed by atoms with Gasteiger partial charge in [0.2, 0.25) is 0 Å². The zero-order chi connectivity index (χ0) is 19.5. The van der Waals surface area contributed by atoms with Crippen molar-refractivity contribution >= 4 is 17.4 Å². The Hall–Kier alpha value is -1.92. The van der Waals surface area contributed by atoms with Crippen LogP contribution in [0.25, 0.3) is 0 Å². The van der Waals surface area contributed by atoms with Crippen molar-refractivity contribution in [3.8, 4) is 0 Å². The summed E-state index contributed by atoms with van der Waals surface area (Å²) in [5.74, 6) is -0.0771. The third-order valence-electron chi connectivity index (χ3n) is 7.90. The van der Waals surface area contributed by atoms with Gasteiger partial charge in [-0.1, -0.05) is 18.2 Å². The molecule has 1 aliphatic carbocycles. The molecule has 4 aliphatic rings. The number of methoxy groups -OCH3 is 1. The molecule has 0 amide bonds. The summed E-state index contributed by atoms with van der Waals surface area (Å²) >= 11 is 0. The van der Waals surface area contributed by atoms with E-state index < -0.39 is 17.4 Å². The molecule has 0 aromatic heterocycles. The van der Waals surface area contributed by atoms with Crippen LogP contribution in [0.3, 0.4) is 0 Å². The Morgan fingerprint density at radius 3 is 2.96 bits per heavy atom. The summed E-state index contributed by atoms with van der Waals surface area (Å²) in [7, 11) is 1.40. The first-order valence-electron chi connectivity index (χ1n) is 10.4. The molecule has 3 fully saturated rings. The van der Waals surface area contributed by atoms with Gasteiger partial charge in [-0.15, -0.1) is 0 Å². The summed E-state index contributed by atoms with van der Waals surface area (Å²) in [5, 5.41) is 13.8. The summed E-state index contributed by atoms with van der Waals surface area (Å²) in [4.78, 5) is 28.3. The van der Waals surface area contributed by atoms with E-state index >= 15 is 0 Å². The van der Waals surface area contributed by atoms with Crippen LogP contribution in [0.15, 0.2) is 24.3 Å². The number of nitrogens with one attached hydrogen (secondary N) is 1. The fraction of sp³-hybridized carbons (Fsp3) is 0.636. The molecule has 3 aliphatic heterocycles. The monoisotopic (exact) mass is 384 g/mol. The summed E-state index contributed by atoms with van der Waals surface area (Å²) in [6, 6.07) is 8.24. The quantitative estimate of drug-likeness (QED) is 0.716. The Bertz CT molecular complexity index is 811. The Kier molecular flexibility index (Phi) is 4.25. The molecule has 150 valence electrons. The number of aliphatic hydroxyl groups excluding tert-OH is 1. The molecule has 2 N–H and O–H groups in total. The van der Waals surface area contributed by atoms with Crippen LogP contribution >= 0.6 is 0 Å². The number of aliphatic hydroxyl groups is 1. The van der Waals surface area contributed by atoms with Crippen LogP contribution in [0.1, 0.15) is 31.2 Å². The number of benzene rings is 1. The standard InChI is InChI=1S/C22H28N2O4/c1-28-21(27)20-14-10-18-22(8-9-24(18)12-13(14)6-7-17(20)25)15-4-2-3-5-16(15)23-11-19(22)26/h2-5,13-14,17-18,20,23,25H,6-12H2,1H3/t13-,14-,17-,18-,20+,22-/m0/s1. The largest absolute Gasteiger partial charge is 0.469 e. The van der Waals surface area contributed by atoms with Crippen LogP contribution < -0.4 is 5.32 Å². The van der Waals surface area contributed by atoms with Crippen LogP contribution in [0.5, 0.6) is 0 Å². The smallest absolute Gasteiger partial charge is 0.311 e. The molecule has 1 aromatic rings. The molecule has 28 heavy (non-hydrogen) atoms. The number of rotatable bonds is 1. The maximum absolute atomic E-state index is 13.3. The van der Waals surface area contributed by atoms with Crippen molar-refractivity contribution < 1.29 is 19.4 Å². The number of Topliss-reactive ketones (excluding diaryl/α,β-unsaturated/α-hetero) is 1. The third kappa shape index (κ3) is 2.40. The topological polar surface area (TPSA) is 78.9 Å². The summed E-state index contributed by atoms with van der Waals surface area (Å²) in [6.45, 7) is 2.18. The van der Waals surface area contributed by atoms with E-state index in [2.05, 4.69) is 22.3 Å². The molecule has 6 nitrogen and oxygen atoms in total. The lowest BCUT2D eigenvalue weighted by molar-refractivity contribution is -0.160. The summed E-state index contributed by atoms with van der Waals surface area (Å²) in [5.41, 5.74) is 1.65. The number of hydrogen-bond acceptors (Lipinski definition) is 6. The number of fused-ring (bicyclic) bond motifs is 5. The van der Waals surface area contributed by atoms with Crippen LogP contribution in [-0.2, 0) is 19.7 Å². The number of piperidine rings is 1.